The second-order valence-electron chi connectivity index (χ2n) is 6.86. The molecule has 1 amide bonds. The number of amides is 1. The van der Waals surface area contributed by atoms with Crippen LogP contribution >= 0.6 is 0 Å². The molecule has 5 heteroatoms. The number of H-pyrrole nitrogens is 1. The molecule has 1 N–H and O–H groups in total. The van der Waals surface area contributed by atoms with Gasteiger partial charge in [-0.25, -0.2) is 4.98 Å². The van der Waals surface area contributed by atoms with Crippen LogP contribution in [0, 0.1) is 0 Å². The lowest BCUT2D eigenvalue weighted by Gasteiger charge is -2.33. The summed E-state index contributed by atoms with van der Waals surface area (Å²) in [6.07, 6.45) is 12.4. The Morgan fingerprint density at radius 1 is 1.32 bits per heavy atom. The molecule has 1 aliphatic heterocycles. The zero-order chi connectivity index (χ0) is 17.1. The lowest BCUT2D eigenvalue weighted by molar-refractivity contribution is -0.132. The molecule has 3 heterocycles. The average molecular weight is 336 g/mol. The van der Waals surface area contributed by atoms with Crippen LogP contribution in [0.5, 0.6) is 0 Å². The molecule has 1 saturated heterocycles. The van der Waals surface area contributed by atoms with E-state index in [1.807, 2.05) is 29.7 Å². The molecule has 130 valence electrons. The molecule has 1 aromatic carbocycles. The number of hydrogen-bond acceptors (Lipinski definition) is 2. The number of likely N-dealkylation sites (tertiary alicyclic amines) is 1. The Kier molecular flexibility index (Phi) is 4.55. The number of piperidine rings is 1. The Bertz CT molecular complexity index is 836. The van der Waals surface area contributed by atoms with Gasteiger partial charge in [0.05, 0.1) is 12.4 Å². The van der Waals surface area contributed by atoms with E-state index in [1.54, 1.807) is 0 Å². The number of rotatable bonds is 5. The van der Waals surface area contributed by atoms with Crippen molar-refractivity contribution >= 4 is 16.8 Å². The fraction of sp³-hybridized carbons (Fsp3) is 0.400. The number of imidazole rings is 1. The summed E-state index contributed by atoms with van der Waals surface area (Å²) in [7, 11) is 0. The van der Waals surface area contributed by atoms with E-state index in [4.69, 9.17) is 0 Å². The summed E-state index contributed by atoms with van der Waals surface area (Å²) in [5, 5.41) is 1.27. The summed E-state index contributed by atoms with van der Waals surface area (Å²) < 4.78 is 2.13. The molecule has 0 unspecified atom stereocenters. The van der Waals surface area contributed by atoms with Crippen LogP contribution in [0.3, 0.4) is 0 Å². The fourth-order valence-electron chi connectivity index (χ4n) is 3.84. The van der Waals surface area contributed by atoms with Crippen LogP contribution in [0.2, 0.25) is 0 Å². The SMILES string of the molecule is O=C(CCCc1c[nH]c2ccccc12)N1CCC[C@@H](n2ccnc2)C1. The van der Waals surface area contributed by atoms with Crippen LogP contribution in [-0.2, 0) is 11.2 Å². The van der Waals surface area contributed by atoms with Gasteiger partial charge in [0.2, 0.25) is 5.91 Å². The topological polar surface area (TPSA) is 53.9 Å². The van der Waals surface area contributed by atoms with Gasteiger partial charge in [-0.1, -0.05) is 18.2 Å². The van der Waals surface area contributed by atoms with Gasteiger partial charge in [0.1, 0.15) is 0 Å². The van der Waals surface area contributed by atoms with Crippen LogP contribution in [0.15, 0.2) is 49.2 Å². The van der Waals surface area contributed by atoms with Crippen molar-refractivity contribution < 1.29 is 4.79 Å². The number of hydrogen-bond donors (Lipinski definition) is 1. The van der Waals surface area contributed by atoms with Crippen LogP contribution in [0.1, 0.15) is 37.3 Å². The first-order valence-corrected chi connectivity index (χ1v) is 9.11. The van der Waals surface area contributed by atoms with Gasteiger partial charge < -0.3 is 14.5 Å². The first-order chi connectivity index (χ1) is 12.3. The van der Waals surface area contributed by atoms with Gasteiger partial charge in [0, 0.05) is 49.0 Å². The summed E-state index contributed by atoms with van der Waals surface area (Å²) in [5.74, 6) is 0.282. The number of para-hydroxylation sites is 1. The number of fused-ring (bicyclic) bond motifs is 1. The van der Waals surface area contributed by atoms with Gasteiger partial charge in [0.25, 0.3) is 0 Å². The maximum Gasteiger partial charge on any atom is 0.222 e. The van der Waals surface area contributed by atoms with Gasteiger partial charge in [-0.05, 0) is 37.3 Å². The molecule has 5 nitrogen and oxygen atoms in total. The van der Waals surface area contributed by atoms with Crippen molar-refractivity contribution in [2.24, 2.45) is 0 Å². The summed E-state index contributed by atoms with van der Waals surface area (Å²) in [6, 6.07) is 8.71. The highest BCUT2D eigenvalue weighted by Crippen LogP contribution is 2.23. The number of benzene rings is 1. The number of nitrogens with zero attached hydrogens (tertiary/aromatic N) is 3. The van der Waals surface area contributed by atoms with Crippen LogP contribution in [0.4, 0.5) is 0 Å². The largest absolute Gasteiger partial charge is 0.361 e. The standard InChI is InChI=1S/C20H24N4O/c25-20(23-11-4-6-17(14-23)24-12-10-21-15-24)9-3-5-16-13-22-19-8-2-1-7-18(16)19/h1-2,7-8,10,12-13,15,17,22H,3-6,9,11,14H2/t17-/m1/s1. The predicted molar refractivity (Wildman–Crippen MR) is 98.3 cm³/mol. The van der Waals surface area contributed by atoms with Crippen LogP contribution in [0.25, 0.3) is 10.9 Å². The Morgan fingerprint density at radius 3 is 3.12 bits per heavy atom. The first-order valence-electron chi connectivity index (χ1n) is 9.11. The van der Waals surface area contributed by atoms with Gasteiger partial charge in [-0.15, -0.1) is 0 Å². The quantitative estimate of drug-likeness (QED) is 0.775. The molecular formula is C20H24N4O. The summed E-state index contributed by atoms with van der Waals surface area (Å²) in [5.41, 5.74) is 2.47. The van der Waals surface area contributed by atoms with Crippen molar-refractivity contribution in [1.82, 2.24) is 19.4 Å². The predicted octanol–water partition coefficient (Wildman–Crippen LogP) is 3.55. The average Bonchev–Trinajstić information content (AvgIpc) is 3.32. The highest BCUT2D eigenvalue weighted by atomic mass is 16.2. The zero-order valence-corrected chi connectivity index (χ0v) is 14.4. The normalized spacial score (nSPS) is 17.9. The van der Waals surface area contributed by atoms with E-state index in [0.717, 1.165) is 38.8 Å². The van der Waals surface area contributed by atoms with Gasteiger partial charge in [0.15, 0.2) is 0 Å². The molecule has 0 spiro atoms. The fourth-order valence-corrected chi connectivity index (χ4v) is 3.84. The smallest absolute Gasteiger partial charge is 0.222 e. The molecule has 3 aromatic rings. The Morgan fingerprint density at radius 2 is 2.24 bits per heavy atom. The van der Waals surface area contributed by atoms with Crippen molar-refractivity contribution in [1.29, 1.82) is 0 Å². The summed E-state index contributed by atoms with van der Waals surface area (Å²) in [6.45, 7) is 1.69. The van der Waals surface area contributed by atoms with Crippen molar-refractivity contribution in [3.63, 3.8) is 0 Å². The molecule has 25 heavy (non-hydrogen) atoms. The summed E-state index contributed by atoms with van der Waals surface area (Å²) in [4.78, 5) is 22.1. The van der Waals surface area contributed by atoms with E-state index in [-0.39, 0.29) is 5.91 Å². The number of aryl methyl sites for hydroxylation is 1. The van der Waals surface area contributed by atoms with Crippen molar-refractivity contribution in [3.05, 3.63) is 54.7 Å². The minimum atomic E-state index is 0.282. The maximum atomic E-state index is 12.6. The molecule has 4 rings (SSSR count). The van der Waals surface area contributed by atoms with Crippen molar-refractivity contribution in [2.75, 3.05) is 13.1 Å². The maximum absolute atomic E-state index is 12.6. The van der Waals surface area contributed by atoms with Gasteiger partial charge >= 0.3 is 0 Å². The zero-order valence-electron chi connectivity index (χ0n) is 14.4. The molecule has 1 fully saturated rings. The monoisotopic (exact) mass is 336 g/mol. The minimum Gasteiger partial charge on any atom is -0.361 e. The minimum absolute atomic E-state index is 0.282. The van der Waals surface area contributed by atoms with Crippen LogP contribution < -0.4 is 0 Å². The lowest BCUT2D eigenvalue weighted by Crippen LogP contribution is -2.40. The molecule has 1 atom stereocenters. The third-order valence-corrected chi connectivity index (χ3v) is 5.21. The van der Waals surface area contributed by atoms with Crippen LogP contribution in [-0.4, -0.2) is 38.4 Å². The highest BCUT2D eigenvalue weighted by Gasteiger charge is 2.24. The second kappa shape index (κ2) is 7.13. The molecule has 2 aromatic heterocycles. The van der Waals surface area contributed by atoms with E-state index in [2.05, 4.69) is 38.9 Å². The number of nitrogens with one attached hydrogen (secondary N) is 1. The third kappa shape index (κ3) is 3.45. The highest BCUT2D eigenvalue weighted by molar-refractivity contribution is 5.83. The van der Waals surface area contributed by atoms with E-state index < -0.39 is 0 Å². The van der Waals surface area contributed by atoms with Gasteiger partial charge in [-0.3, -0.25) is 4.79 Å². The second-order valence-corrected chi connectivity index (χ2v) is 6.86. The van der Waals surface area contributed by atoms with E-state index in [9.17, 15) is 4.79 Å². The Balaban J connectivity index is 1.31. The lowest BCUT2D eigenvalue weighted by atomic mass is 10.0. The Hall–Kier alpha value is -2.56. The molecule has 0 bridgehead atoms. The molecule has 0 aliphatic carbocycles. The molecule has 0 saturated carbocycles. The molecule has 0 radical (unpaired) electrons. The van der Waals surface area contributed by atoms with Gasteiger partial charge in [-0.2, -0.15) is 0 Å². The van der Waals surface area contributed by atoms with E-state index >= 15 is 0 Å². The number of aromatic amines is 1. The summed E-state index contributed by atoms with van der Waals surface area (Å²) >= 11 is 0. The number of carbonyl (C=O) groups is 1. The molecule has 1 aliphatic rings. The third-order valence-electron chi connectivity index (χ3n) is 5.21. The van der Waals surface area contributed by atoms with Crippen molar-refractivity contribution in [3.8, 4) is 0 Å². The number of carbonyl (C=O) groups excluding carboxylic acids is 1. The van der Waals surface area contributed by atoms with E-state index in [0.29, 0.717) is 12.5 Å². The molecular weight excluding hydrogens is 312 g/mol. The van der Waals surface area contributed by atoms with Crippen molar-refractivity contribution in [2.45, 2.75) is 38.1 Å². The van der Waals surface area contributed by atoms with E-state index in [1.165, 1.54) is 16.5 Å². The number of aromatic nitrogens is 3. The first kappa shape index (κ1) is 15.9. The Labute approximate surface area is 147 Å².